The first-order valence-electron chi connectivity index (χ1n) is 26.1. The average Bonchev–Trinajstić information content (AvgIpc) is 4.30. The normalized spacial score (nSPS) is 17.7. The summed E-state index contributed by atoms with van der Waals surface area (Å²) in [5.74, 6) is 0.569. The lowest BCUT2D eigenvalue weighted by Gasteiger charge is -2.24. The van der Waals surface area contributed by atoms with Gasteiger partial charge in [-0.05, 0) is 128 Å². The van der Waals surface area contributed by atoms with Gasteiger partial charge in [-0.1, -0.05) is 67.6 Å². The lowest BCUT2D eigenvalue weighted by molar-refractivity contribution is -0.114. The number of ketones is 1. The van der Waals surface area contributed by atoms with Gasteiger partial charge >= 0.3 is 0 Å². The molecular formula is C60H57FN6O11S2. The lowest BCUT2D eigenvalue weighted by atomic mass is 10.1. The summed E-state index contributed by atoms with van der Waals surface area (Å²) in [5, 5.41) is 9.65. The maximum atomic E-state index is 13.9. The zero-order valence-electron chi connectivity index (χ0n) is 43.8. The highest BCUT2D eigenvalue weighted by atomic mass is 32.2. The molecule has 20 heteroatoms. The largest absolute Gasteiger partial charge is 0.494 e. The van der Waals surface area contributed by atoms with Crippen LogP contribution < -0.4 is 28.7 Å². The number of amides is 2. The molecule has 0 bridgehead atoms. The third kappa shape index (κ3) is 12.2. The van der Waals surface area contributed by atoms with Crippen LogP contribution in [0.5, 0.6) is 23.0 Å². The number of benzene rings is 6. The Labute approximate surface area is 464 Å². The highest BCUT2D eigenvalue weighted by Gasteiger charge is 2.42. The van der Waals surface area contributed by atoms with Gasteiger partial charge in [-0.3, -0.25) is 14.4 Å². The number of carbonyl (C=O) groups is 3. The first-order valence-corrected chi connectivity index (χ1v) is 29.0. The van der Waals surface area contributed by atoms with Gasteiger partial charge in [0.2, 0.25) is 26.0 Å². The number of anilines is 2. The van der Waals surface area contributed by atoms with Crippen LogP contribution in [0.1, 0.15) is 66.1 Å². The van der Waals surface area contributed by atoms with Crippen LogP contribution in [0.25, 0.3) is 10.4 Å². The van der Waals surface area contributed by atoms with E-state index in [9.17, 15) is 40.9 Å². The van der Waals surface area contributed by atoms with Gasteiger partial charge in [-0.15, -0.1) is 0 Å². The molecule has 2 saturated heterocycles. The number of hydrogen-bond acceptors (Lipinski definition) is 12. The number of Topliss-reactive ketones (excluding diaryl/α,β-unsaturated/α-hetero) is 1. The van der Waals surface area contributed by atoms with Gasteiger partial charge in [0.05, 0.1) is 76.7 Å². The molecule has 17 nitrogen and oxygen atoms in total. The Morgan fingerprint density at radius 1 is 0.613 bits per heavy atom. The molecule has 4 aliphatic rings. The van der Waals surface area contributed by atoms with Gasteiger partial charge in [0.15, 0.2) is 0 Å². The molecule has 80 heavy (non-hydrogen) atoms. The van der Waals surface area contributed by atoms with E-state index in [0.717, 1.165) is 23.3 Å². The molecule has 0 aromatic heterocycles. The van der Waals surface area contributed by atoms with Crippen molar-refractivity contribution in [1.82, 2.24) is 8.61 Å². The predicted octanol–water partition coefficient (Wildman–Crippen LogP) is 9.40. The predicted molar refractivity (Wildman–Crippen MR) is 297 cm³/mol. The second kappa shape index (κ2) is 25.2. The Bertz CT molecular complexity index is 3580. The number of ether oxygens (including phenoxy) is 4. The van der Waals surface area contributed by atoms with Gasteiger partial charge in [0.25, 0.3) is 17.4 Å². The van der Waals surface area contributed by atoms with Crippen molar-refractivity contribution in [2.24, 2.45) is 0 Å². The zero-order valence-corrected chi connectivity index (χ0v) is 45.4. The Morgan fingerprint density at radius 2 is 1.06 bits per heavy atom. The van der Waals surface area contributed by atoms with Crippen molar-refractivity contribution in [2.45, 2.75) is 74.0 Å². The molecular weight excluding hydrogens is 1060 g/mol. The minimum atomic E-state index is -3.96. The second-order valence-electron chi connectivity index (χ2n) is 19.2. The molecule has 6 aromatic rings. The number of carbonyl (C=O) groups excluding carboxylic acids is 3. The minimum Gasteiger partial charge on any atom is -0.494 e. The van der Waals surface area contributed by atoms with Gasteiger partial charge < -0.3 is 28.7 Å². The molecule has 4 aliphatic heterocycles. The van der Waals surface area contributed by atoms with Crippen molar-refractivity contribution >= 4 is 54.6 Å². The smallest absolute Gasteiger partial charge is 0.299 e. The Balaban J connectivity index is 0.000000195. The Hall–Kier alpha value is -8.40. The summed E-state index contributed by atoms with van der Waals surface area (Å²) in [6, 6.07) is 42.4. The van der Waals surface area contributed by atoms with E-state index in [1.54, 1.807) is 30.3 Å². The quantitative estimate of drug-likeness (QED) is 0.0304. The fourth-order valence-corrected chi connectivity index (χ4v) is 13.4. The van der Waals surface area contributed by atoms with E-state index in [-0.39, 0.29) is 77.2 Å². The molecule has 412 valence electrons. The summed E-state index contributed by atoms with van der Waals surface area (Å²) >= 11 is 0. The third-order valence-electron chi connectivity index (χ3n) is 14.0. The maximum Gasteiger partial charge on any atom is 0.299 e. The highest BCUT2D eigenvalue weighted by Crippen LogP contribution is 2.42. The van der Waals surface area contributed by atoms with Gasteiger partial charge in [0, 0.05) is 18.7 Å². The molecule has 2 atom stereocenters. The van der Waals surface area contributed by atoms with Crippen molar-refractivity contribution in [3.8, 4) is 29.1 Å². The molecule has 0 saturated carbocycles. The van der Waals surface area contributed by atoms with Gasteiger partial charge in [-0.25, -0.2) is 31.3 Å². The van der Waals surface area contributed by atoms with E-state index in [1.165, 1.54) is 48.7 Å². The minimum absolute atomic E-state index is 0.000271. The summed E-state index contributed by atoms with van der Waals surface area (Å²) in [6.07, 6.45) is 3.61. The van der Waals surface area contributed by atoms with Crippen LogP contribution in [-0.4, -0.2) is 101 Å². The third-order valence-corrected chi connectivity index (χ3v) is 17.9. The molecule has 0 unspecified atom stereocenters. The number of nitriles is 1. The summed E-state index contributed by atoms with van der Waals surface area (Å²) in [6.45, 7) is 10.9. The molecule has 0 spiro atoms. The number of sulfonamides is 2. The van der Waals surface area contributed by atoms with E-state index >= 15 is 0 Å². The number of fused-ring (bicyclic) bond motifs is 2. The number of rotatable bonds is 20. The highest BCUT2D eigenvalue weighted by molar-refractivity contribution is 7.89. The molecule has 6 aromatic carbocycles. The van der Waals surface area contributed by atoms with Crippen molar-refractivity contribution < 1.29 is 54.6 Å². The Kier molecular flexibility index (Phi) is 17.7. The van der Waals surface area contributed by atoms with E-state index in [0.29, 0.717) is 74.0 Å². The van der Waals surface area contributed by atoms with Crippen LogP contribution in [0.4, 0.5) is 15.8 Å². The van der Waals surface area contributed by atoms with Crippen LogP contribution in [-0.2, 0) is 42.7 Å². The van der Waals surface area contributed by atoms with E-state index in [2.05, 4.69) is 4.85 Å². The molecule has 0 N–H and O–H groups in total. The number of hydrogen-bond donors (Lipinski definition) is 0. The van der Waals surface area contributed by atoms with E-state index < -0.39 is 44.3 Å². The fourth-order valence-electron chi connectivity index (χ4n) is 9.99. The fraction of sp³-hybridized carbons (Fsp3) is 0.283. The van der Waals surface area contributed by atoms with Crippen molar-refractivity contribution in [2.75, 3.05) is 56.0 Å². The van der Waals surface area contributed by atoms with Crippen LogP contribution in [0.15, 0.2) is 161 Å². The first kappa shape index (κ1) is 56.3. The van der Waals surface area contributed by atoms with Crippen molar-refractivity contribution in [3.63, 3.8) is 0 Å². The summed E-state index contributed by atoms with van der Waals surface area (Å²) in [5.41, 5.74) is 2.22. The number of nitrogens with zero attached hydrogens (tertiary/aromatic N) is 6. The van der Waals surface area contributed by atoms with E-state index in [4.69, 9.17) is 25.5 Å². The second-order valence-corrected chi connectivity index (χ2v) is 22.9. The van der Waals surface area contributed by atoms with E-state index in [1.807, 2.05) is 97.9 Å². The van der Waals surface area contributed by atoms with Crippen LogP contribution in [0.2, 0.25) is 0 Å². The van der Waals surface area contributed by atoms with Crippen molar-refractivity contribution in [3.05, 3.63) is 185 Å². The summed E-state index contributed by atoms with van der Waals surface area (Å²) < 4.78 is 92.5. The number of para-hydroxylation sites is 2. The van der Waals surface area contributed by atoms with Gasteiger partial charge in [0.1, 0.15) is 49.5 Å². The molecule has 10 rings (SSSR count). The lowest BCUT2D eigenvalue weighted by Crippen LogP contribution is -2.39. The van der Waals surface area contributed by atoms with Crippen LogP contribution >= 0.6 is 0 Å². The number of alkyl halides is 1. The average molecular weight is 1120 g/mol. The summed E-state index contributed by atoms with van der Waals surface area (Å²) in [7, 11) is -7.87. The molecule has 4 heterocycles. The topological polar surface area (TPSA) is 198 Å². The number of halogens is 1. The van der Waals surface area contributed by atoms with Crippen LogP contribution in [0, 0.1) is 17.9 Å². The molecule has 2 amide bonds. The van der Waals surface area contributed by atoms with Gasteiger partial charge in [-0.2, -0.15) is 8.61 Å². The molecule has 2 fully saturated rings. The van der Waals surface area contributed by atoms with Crippen LogP contribution in [0.3, 0.4) is 0 Å². The van der Waals surface area contributed by atoms with Crippen molar-refractivity contribution in [1.29, 1.82) is 5.26 Å². The monoisotopic (exact) mass is 1120 g/mol. The Morgan fingerprint density at radius 3 is 1.52 bits per heavy atom. The zero-order chi connectivity index (χ0) is 56.4. The standard InChI is InChI=1S/C32H30N4O5S.C28H27FN2O6S/c1-3-18-40-26-13-11-23(12-14-26)21-35-30-16-15-27(19-28(30)31(32(35)37)29(20-33)34-2)42(38,39)36-17-7-8-24(36)22-41-25-9-5-4-6-10-25;29-14-16-36-23-10-8-20(9-11-23)18-30-26-13-12-24(17-25(26)27(32)28(30)33)38(34,35)31-15-4-5-21(31)19-37-22-6-2-1-3-7-22/h4-6,9-16,19,24H,3,7-8,17-18,21-22H2,1H3;1-3,6-13,17,21H,4-5,14-16,18-19H2/b31-29+;/t24-;21-/m00/s1/i;29-1. The SMILES string of the molecule is O=C1C(=O)N(Cc2ccc(OCC[18F])cc2)c2ccc(S(=O)(=O)N3CCC[C@H]3COc3ccccc3)cc21.[C-]#[N+]/C(C#N)=C1/C(=O)N(Cc2ccc(OCCC)cc2)c2ccc(S(=O)(=O)N3CCC[C@H]3COc3ccccc3)cc21. The first-order chi connectivity index (χ1) is 38.7. The summed E-state index contributed by atoms with van der Waals surface area (Å²) in [4.78, 5) is 45.3. The number of allylic oxidation sites excluding steroid dienone is 1. The maximum absolute atomic E-state index is 13.9. The molecule has 0 radical (unpaired) electrons. The molecule has 0 aliphatic carbocycles.